The third-order valence-corrected chi connectivity index (χ3v) is 2.18. The van der Waals surface area contributed by atoms with Gasteiger partial charge >= 0.3 is 0 Å². The maximum atomic E-state index is 4.23. The van der Waals surface area contributed by atoms with E-state index in [1.807, 2.05) is 11.4 Å². The van der Waals surface area contributed by atoms with Gasteiger partial charge in [-0.1, -0.05) is 25.7 Å². The van der Waals surface area contributed by atoms with Crippen molar-refractivity contribution in [3.8, 4) is 0 Å². The Morgan fingerprint density at radius 1 is 1.38 bits per heavy atom. The molecule has 0 amide bonds. The zero-order valence-electron chi connectivity index (χ0n) is 5.30. The lowest BCUT2D eigenvalue weighted by Gasteiger charge is -2.15. The molecule has 8 heavy (non-hydrogen) atoms. The van der Waals surface area contributed by atoms with Crippen molar-refractivity contribution in [3.63, 3.8) is 0 Å². The van der Waals surface area contributed by atoms with Gasteiger partial charge in [-0.3, -0.25) is 4.31 Å². The van der Waals surface area contributed by atoms with E-state index in [0.29, 0.717) is 0 Å². The fraction of sp³-hybridized carbons (Fsp3) is 1.00. The van der Waals surface area contributed by atoms with E-state index in [9.17, 15) is 0 Å². The van der Waals surface area contributed by atoms with Crippen LogP contribution in [0.5, 0.6) is 0 Å². The van der Waals surface area contributed by atoms with Gasteiger partial charge in [-0.15, -0.1) is 0 Å². The van der Waals surface area contributed by atoms with Crippen molar-refractivity contribution in [1.82, 2.24) is 4.31 Å². The fourth-order valence-electron chi connectivity index (χ4n) is 1.28. The van der Waals surface area contributed by atoms with Gasteiger partial charge in [0.25, 0.3) is 0 Å². The summed E-state index contributed by atoms with van der Waals surface area (Å²) in [6, 6.07) is 0.762. The Hall–Kier alpha value is 0.310. The van der Waals surface area contributed by atoms with Crippen LogP contribution in [0.15, 0.2) is 0 Å². The molecule has 0 atom stereocenters. The minimum absolute atomic E-state index is 0.762. The van der Waals surface area contributed by atoms with Gasteiger partial charge in [0.05, 0.1) is 0 Å². The van der Waals surface area contributed by atoms with E-state index in [1.54, 1.807) is 0 Å². The zero-order chi connectivity index (χ0) is 5.98. The molecule has 0 aromatic carbocycles. The second-order valence-electron chi connectivity index (χ2n) is 2.51. The van der Waals surface area contributed by atoms with Crippen LogP contribution >= 0.6 is 12.8 Å². The molecule has 0 aliphatic heterocycles. The van der Waals surface area contributed by atoms with Gasteiger partial charge in [0.15, 0.2) is 0 Å². The topological polar surface area (TPSA) is 3.24 Å². The quantitative estimate of drug-likeness (QED) is 0.530. The number of hydrogen-bond acceptors (Lipinski definition) is 2. The minimum Gasteiger partial charge on any atom is -0.253 e. The highest BCUT2D eigenvalue weighted by molar-refractivity contribution is 7.77. The summed E-state index contributed by atoms with van der Waals surface area (Å²) >= 11 is 4.23. The minimum atomic E-state index is 0.762. The molecule has 48 valence electrons. The van der Waals surface area contributed by atoms with Gasteiger partial charge in [0, 0.05) is 6.04 Å². The Labute approximate surface area is 56.6 Å². The molecule has 0 radical (unpaired) electrons. The summed E-state index contributed by atoms with van der Waals surface area (Å²) in [7, 11) is 2.04. The van der Waals surface area contributed by atoms with Crippen molar-refractivity contribution in [2.75, 3.05) is 7.05 Å². The Morgan fingerprint density at radius 3 is 2.12 bits per heavy atom. The summed E-state index contributed by atoms with van der Waals surface area (Å²) in [6.45, 7) is 0. The largest absolute Gasteiger partial charge is 0.253 e. The van der Waals surface area contributed by atoms with Crippen LogP contribution in [0.3, 0.4) is 0 Å². The third kappa shape index (κ3) is 1.39. The average Bonchev–Trinajstić information content (AvgIpc) is 2.12. The molecule has 0 spiro atoms. The first kappa shape index (κ1) is 6.43. The van der Waals surface area contributed by atoms with Crippen LogP contribution in [-0.4, -0.2) is 17.4 Å². The summed E-state index contributed by atoms with van der Waals surface area (Å²) in [5, 5.41) is 0. The Balaban J connectivity index is 2.24. The molecule has 0 N–H and O–H groups in total. The number of hydrogen-bond donors (Lipinski definition) is 1. The zero-order valence-corrected chi connectivity index (χ0v) is 6.19. The molecule has 0 heterocycles. The SMILES string of the molecule is CN(S)C1CCCC1. The normalized spacial score (nSPS) is 22.9. The van der Waals surface area contributed by atoms with Gasteiger partial charge in [-0.25, -0.2) is 0 Å². The summed E-state index contributed by atoms with van der Waals surface area (Å²) in [5.41, 5.74) is 0. The van der Waals surface area contributed by atoms with Crippen molar-refractivity contribution >= 4 is 12.8 Å². The lowest BCUT2D eigenvalue weighted by molar-refractivity contribution is 0.421. The first-order valence-corrected chi connectivity index (χ1v) is 3.62. The highest BCUT2D eigenvalue weighted by atomic mass is 32.1. The molecule has 0 unspecified atom stereocenters. The molecule has 0 saturated heterocycles. The Morgan fingerprint density at radius 2 is 1.88 bits per heavy atom. The molecule has 1 rings (SSSR count). The molecule has 0 bridgehead atoms. The highest BCUT2D eigenvalue weighted by Gasteiger charge is 2.16. The molecule has 1 saturated carbocycles. The monoisotopic (exact) mass is 131 g/mol. The van der Waals surface area contributed by atoms with Gasteiger partial charge in [-0.05, 0) is 19.9 Å². The van der Waals surface area contributed by atoms with Crippen LogP contribution in [0.2, 0.25) is 0 Å². The maximum absolute atomic E-state index is 4.23. The lowest BCUT2D eigenvalue weighted by Crippen LogP contribution is -2.18. The standard InChI is InChI=1S/C6H13NS/c1-7(8)6-4-2-3-5-6/h6,8H,2-5H2,1H3. The number of nitrogens with zero attached hydrogens (tertiary/aromatic N) is 1. The molecule has 1 nitrogen and oxygen atoms in total. The van der Waals surface area contributed by atoms with E-state index < -0.39 is 0 Å². The van der Waals surface area contributed by atoms with E-state index >= 15 is 0 Å². The summed E-state index contributed by atoms with van der Waals surface area (Å²) < 4.78 is 2.03. The van der Waals surface area contributed by atoms with E-state index in [2.05, 4.69) is 12.8 Å². The van der Waals surface area contributed by atoms with Crippen molar-refractivity contribution in [2.24, 2.45) is 0 Å². The summed E-state index contributed by atoms with van der Waals surface area (Å²) in [6.07, 6.45) is 5.49. The highest BCUT2D eigenvalue weighted by Crippen LogP contribution is 2.22. The van der Waals surface area contributed by atoms with Crippen molar-refractivity contribution in [3.05, 3.63) is 0 Å². The smallest absolute Gasteiger partial charge is 0.0197 e. The second-order valence-corrected chi connectivity index (χ2v) is 3.14. The first-order chi connectivity index (χ1) is 3.80. The predicted molar refractivity (Wildman–Crippen MR) is 39.0 cm³/mol. The fourth-order valence-corrected chi connectivity index (χ4v) is 1.51. The van der Waals surface area contributed by atoms with E-state index in [0.717, 1.165) is 6.04 Å². The van der Waals surface area contributed by atoms with Crippen LogP contribution in [0.25, 0.3) is 0 Å². The molecule has 1 fully saturated rings. The first-order valence-electron chi connectivity index (χ1n) is 3.22. The molecular formula is C6H13NS. The van der Waals surface area contributed by atoms with E-state index in [1.165, 1.54) is 25.7 Å². The Bertz CT molecular complexity index is 66.9. The molecule has 0 aromatic rings. The van der Waals surface area contributed by atoms with Crippen molar-refractivity contribution in [1.29, 1.82) is 0 Å². The number of thiol groups is 1. The van der Waals surface area contributed by atoms with Crippen LogP contribution in [0.4, 0.5) is 0 Å². The molecular weight excluding hydrogens is 118 g/mol. The summed E-state index contributed by atoms with van der Waals surface area (Å²) in [5.74, 6) is 0. The van der Waals surface area contributed by atoms with Crippen LogP contribution in [0, 0.1) is 0 Å². The molecule has 1 aliphatic rings. The van der Waals surface area contributed by atoms with Crippen LogP contribution in [-0.2, 0) is 0 Å². The predicted octanol–water partition coefficient (Wildman–Crippen LogP) is 1.71. The van der Waals surface area contributed by atoms with E-state index in [-0.39, 0.29) is 0 Å². The van der Waals surface area contributed by atoms with Gasteiger partial charge in [0.1, 0.15) is 0 Å². The second kappa shape index (κ2) is 2.74. The van der Waals surface area contributed by atoms with Crippen molar-refractivity contribution in [2.45, 2.75) is 31.7 Å². The van der Waals surface area contributed by atoms with Crippen LogP contribution < -0.4 is 0 Å². The number of rotatable bonds is 1. The molecule has 1 aliphatic carbocycles. The van der Waals surface area contributed by atoms with E-state index in [4.69, 9.17) is 0 Å². The third-order valence-electron chi connectivity index (χ3n) is 1.85. The maximum Gasteiger partial charge on any atom is 0.0197 e. The van der Waals surface area contributed by atoms with Gasteiger partial charge in [0.2, 0.25) is 0 Å². The van der Waals surface area contributed by atoms with Crippen molar-refractivity contribution < 1.29 is 0 Å². The molecule has 0 aromatic heterocycles. The summed E-state index contributed by atoms with van der Waals surface area (Å²) in [4.78, 5) is 0. The average molecular weight is 131 g/mol. The van der Waals surface area contributed by atoms with Gasteiger partial charge in [-0.2, -0.15) is 0 Å². The lowest BCUT2D eigenvalue weighted by atomic mass is 10.3. The van der Waals surface area contributed by atoms with Gasteiger partial charge < -0.3 is 0 Å². The molecule has 2 heteroatoms. The van der Waals surface area contributed by atoms with Crippen LogP contribution in [0.1, 0.15) is 25.7 Å². The Kier molecular flexibility index (Phi) is 2.20.